The van der Waals surface area contributed by atoms with Crippen molar-refractivity contribution in [3.63, 3.8) is 0 Å². The van der Waals surface area contributed by atoms with Crippen LogP contribution in [-0.4, -0.2) is 33.2 Å². The number of nitrogens with one attached hydrogen (secondary N) is 1. The van der Waals surface area contributed by atoms with Gasteiger partial charge in [0, 0.05) is 37.5 Å². The quantitative estimate of drug-likeness (QED) is 0.894. The minimum absolute atomic E-state index is 0.238. The van der Waals surface area contributed by atoms with Crippen molar-refractivity contribution in [1.29, 1.82) is 0 Å². The van der Waals surface area contributed by atoms with Crippen molar-refractivity contribution < 1.29 is 14.3 Å². The summed E-state index contributed by atoms with van der Waals surface area (Å²) < 4.78 is 11.2. The molecular formula is C19H21ClN2O3. The first-order valence-corrected chi connectivity index (χ1v) is 8.52. The van der Waals surface area contributed by atoms with Crippen LogP contribution >= 0.6 is 11.6 Å². The number of fused-ring (bicyclic) bond motifs is 1. The molecule has 0 radical (unpaired) electrons. The largest absolute Gasteiger partial charge is 0.489 e. The average Bonchev–Trinajstić information content (AvgIpc) is 2.82. The SMILES string of the molecule is Cc1cc(N(C)C)ccc1NC(=O)c1cc(Cl)c2c(c1)OCCCO2. The first-order chi connectivity index (χ1) is 12.0. The van der Waals surface area contributed by atoms with Gasteiger partial charge in [0.25, 0.3) is 5.91 Å². The molecule has 132 valence electrons. The van der Waals surface area contributed by atoms with Crippen LogP contribution in [0.4, 0.5) is 11.4 Å². The smallest absolute Gasteiger partial charge is 0.255 e. The van der Waals surface area contributed by atoms with Crippen molar-refractivity contribution in [2.75, 3.05) is 37.5 Å². The number of amides is 1. The lowest BCUT2D eigenvalue weighted by Gasteiger charge is -2.16. The first kappa shape index (κ1) is 17.4. The number of rotatable bonds is 3. The molecule has 1 heterocycles. The predicted octanol–water partition coefficient (Wildman–Crippen LogP) is 4.13. The Labute approximate surface area is 152 Å². The number of hydrogen-bond acceptors (Lipinski definition) is 4. The summed E-state index contributed by atoms with van der Waals surface area (Å²) in [5.41, 5.74) is 3.26. The molecule has 1 aliphatic heterocycles. The topological polar surface area (TPSA) is 50.8 Å². The molecule has 0 fully saturated rings. The molecule has 0 saturated carbocycles. The van der Waals surface area contributed by atoms with Gasteiger partial charge in [0.05, 0.1) is 18.2 Å². The lowest BCUT2D eigenvalue weighted by Crippen LogP contribution is -2.14. The van der Waals surface area contributed by atoms with Gasteiger partial charge in [0.1, 0.15) is 0 Å². The molecule has 6 heteroatoms. The van der Waals surface area contributed by atoms with Crippen LogP contribution < -0.4 is 19.7 Å². The second kappa shape index (κ2) is 7.23. The summed E-state index contributed by atoms with van der Waals surface area (Å²) in [6, 6.07) is 9.16. The van der Waals surface area contributed by atoms with E-state index in [9.17, 15) is 4.79 Å². The second-order valence-corrected chi connectivity index (χ2v) is 6.59. The third-order valence-electron chi connectivity index (χ3n) is 4.04. The Kier molecular flexibility index (Phi) is 5.04. The van der Waals surface area contributed by atoms with Gasteiger partial charge in [-0.3, -0.25) is 4.79 Å². The summed E-state index contributed by atoms with van der Waals surface area (Å²) in [4.78, 5) is 14.6. The molecule has 1 aliphatic rings. The molecule has 0 atom stereocenters. The minimum Gasteiger partial charge on any atom is -0.489 e. The van der Waals surface area contributed by atoms with Crippen LogP contribution in [0.1, 0.15) is 22.3 Å². The Morgan fingerprint density at radius 3 is 2.64 bits per heavy atom. The molecule has 0 saturated heterocycles. The maximum absolute atomic E-state index is 12.6. The molecule has 5 nitrogen and oxygen atoms in total. The summed E-state index contributed by atoms with van der Waals surface area (Å²) in [6.45, 7) is 3.05. The highest BCUT2D eigenvalue weighted by Crippen LogP contribution is 2.38. The van der Waals surface area contributed by atoms with Gasteiger partial charge in [-0.05, 0) is 42.8 Å². The zero-order valence-electron chi connectivity index (χ0n) is 14.6. The van der Waals surface area contributed by atoms with Gasteiger partial charge in [-0.1, -0.05) is 11.6 Å². The van der Waals surface area contributed by atoms with Gasteiger partial charge in [0.2, 0.25) is 0 Å². The Balaban J connectivity index is 1.84. The van der Waals surface area contributed by atoms with Gasteiger partial charge in [0.15, 0.2) is 11.5 Å². The Morgan fingerprint density at radius 1 is 1.16 bits per heavy atom. The lowest BCUT2D eigenvalue weighted by molar-refractivity contribution is 0.102. The molecule has 25 heavy (non-hydrogen) atoms. The van der Waals surface area contributed by atoms with E-state index in [1.54, 1.807) is 12.1 Å². The van der Waals surface area contributed by atoms with E-state index in [-0.39, 0.29) is 5.91 Å². The number of nitrogens with zero attached hydrogens (tertiary/aromatic N) is 1. The van der Waals surface area contributed by atoms with E-state index >= 15 is 0 Å². The van der Waals surface area contributed by atoms with Crippen molar-refractivity contribution >= 4 is 28.9 Å². The zero-order chi connectivity index (χ0) is 18.0. The van der Waals surface area contributed by atoms with E-state index in [2.05, 4.69) is 5.32 Å². The molecule has 0 bridgehead atoms. The van der Waals surface area contributed by atoms with E-state index in [0.29, 0.717) is 35.3 Å². The van der Waals surface area contributed by atoms with Crippen LogP contribution in [0.15, 0.2) is 30.3 Å². The Morgan fingerprint density at radius 2 is 1.92 bits per heavy atom. The van der Waals surface area contributed by atoms with Gasteiger partial charge >= 0.3 is 0 Å². The van der Waals surface area contributed by atoms with Crippen LogP contribution in [0.2, 0.25) is 5.02 Å². The highest BCUT2D eigenvalue weighted by atomic mass is 35.5. The number of anilines is 2. The fourth-order valence-electron chi connectivity index (χ4n) is 2.62. The lowest BCUT2D eigenvalue weighted by atomic mass is 10.1. The maximum Gasteiger partial charge on any atom is 0.255 e. The van der Waals surface area contributed by atoms with Crippen molar-refractivity contribution in [2.45, 2.75) is 13.3 Å². The average molecular weight is 361 g/mol. The summed E-state index contributed by atoms with van der Waals surface area (Å²) in [6.07, 6.45) is 0.782. The normalized spacial score (nSPS) is 13.1. The number of carbonyl (C=O) groups is 1. The fourth-order valence-corrected chi connectivity index (χ4v) is 2.89. The van der Waals surface area contributed by atoms with E-state index in [0.717, 1.165) is 23.4 Å². The minimum atomic E-state index is -0.238. The maximum atomic E-state index is 12.6. The monoisotopic (exact) mass is 360 g/mol. The van der Waals surface area contributed by atoms with Crippen LogP contribution in [0.3, 0.4) is 0 Å². The van der Waals surface area contributed by atoms with Crippen molar-refractivity contribution in [3.8, 4) is 11.5 Å². The molecule has 1 N–H and O–H groups in total. The molecule has 0 unspecified atom stereocenters. The summed E-state index contributed by atoms with van der Waals surface area (Å²) >= 11 is 6.26. The summed E-state index contributed by atoms with van der Waals surface area (Å²) in [5.74, 6) is 0.773. The molecule has 0 aliphatic carbocycles. The van der Waals surface area contributed by atoms with Gasteiger partial charge in [-0.25, -0.2) is 0 Å². The van der Waals surface area contributed by atoms with E-state index in [1.165, 1.54) is 0 Å². The van der Waals surface area contributed by atoms with E-state index in [4.69, 9.17) is 21.1 Å². The zero-order valence-corrected chi connectivity index (χ0v) is 15.3. The van der Waals surface area contributed by atoms with E-state index in [1.807, 2.05) is 44.1 Å². The van der Waals surface area contributed by atoms with Gasteiger partial charge < -0.3 is 19.7 Å². The highest BCUT2D eigenvalue weighted by Gasteiger charge is 2.19. The van der Waals surface area contributed by atoms with Crippen molar-refractivity contribution in [1.82, 2.24) is 0 Å². The van der Waals surface area contributed by atoms with Crippen molar-refractivity contribution in [2.24, 2.45) is 0 Å². The number of benzene rings is 2. The first-order valence-electron chi connectivity index (χ1n) is 8.14. The molecule has 2 aromatic rings. The Hall–Kier alpha value is -2.40. The second-order valence-electron chi connectivity index (χ2n) is 6.18. The van der Waals surface area contributed by atoms with Gasteiger partial charge in [-0.15, -0.1) is 0 Å². The number of hydrogen-bond donors (Lipinski definition) is 1. The van der Waals surface area contributed by atoms with Crippen LogP contribution in [0, 0.1) is 6.92 Å². The summed E-state index contributed by atoms with van der Waals surface area (Å²) in [5, 5.41) is 3.31. The molecule has 0 aromatic heterocycles. The number of carbonyl (C=O) groups excluding carboxylic acids is 1. The Bertz CT molecular complexity index is 805. The third kappa shape index (κ3) is 3.82. The van der Waals surface area contributed by atoms with Crippen LogP contribution in [0.5, 0.6) is 11.5 Å². The van der Waals surface area contributed by atoms with Crippen LogP contribution in [-0.2, 0) is 0 Å². The molecule has 2 aromatic carbocycles. The van der Waals surface area contributed by atoms with Gasteiger partial charge in [-0.2, -0.15) is 0 Å². The number of halogens is 1. The predicted molar refractivity (Wildman–Crippen MR) is 101 cm³/mol. The highest BCUT2D eigenvalue weighted by molar-refractivity contribution is 6.32. The molecule has 0 spiro atoms. The third-order valence-corrected chi connectivity index (χ3v) is 4.32. The van der Waals surface area contributed by atoms with Crippen molar-refractivity contribution in [3.05, 3.63) is 46.5 Å². The standard InChI is InChI=1S/C19H21ClN2O3/c1-12-9-14(22(2)3)5-6-16(12)21-19(23)13-10-15(20)18-17(11-13)24-7-4-8-25-18/h5-6,9-11H,4,7-8H2,1-3H3,(H,21,23). The van der Waals surface area contributed by atoms with E-state index < -0.39 is 0 Å². The van der Waals surface area contributed by atoms with Crippen LogP contribution in [0.25, 0.3) is 0 Å². The molecule has 1 amide bonds. The molecule has 3 rings (SSSR count). The summed E-state index contributed by atoms with van der Waals surface area (Å²) in [7, 11) is 3.96. The fraction of sp³-hybridized carbons (Fsp3) is 0.316. The number of ether oxygens (including phenoxy) is 2. The number of aryl methyl sites for hydroxylation is 1. The molecular weight excluding hydrogens is 340 g/mol.